The SMILES string of the molecule is COC(=O)[C@@]1(OCc2ccc([N+](=O)[O-])cc2)C[C@H](OC(C)=O)[C@@H](NC(=O)OC(C)(C)C)[C@H]([C@H](OC(C)=O)[C@@H](COC(C)=O)OC(C)=O)O1. The van der Waals surface area contributed by atoms with Crippen LogP contribution in [0.15, 0.2) is 24.3 Å². The van der Waals surface area contributed by atoms with Crippen molar-refractivity contribution in [1.82, 2.24) is 5.32 Å². The summed E-state index contributed by atoms with van der Waals surface area (Å²) in [6.07, 6.45) is -8.29. The number of amides is 1. The average molecular weight is 685 g/mol. The minimum Gasteiger partial charge on any atom is -0.465 e. The first-order valence-corrected chi connectivity index (χ1v) is 14.5. The molecule has 1 amide bonds. The van der Waals surface area contributed by atoms with Gasteiger partial charge >= 0.3 is 35.9 Å². The highest BCUT2D eigenvalue weighted by Crippen LogP contribution is 2.38. The van der Waals surface area contributed by atoms with Gasteiger partial charge < -0.3 is 43.2 Å². The van der Waals surface area contributed by atoms with Crippen LogP contribution in [0.25, 0.3) is 0 Å². The largest absolute Gasteiger partial charge is 0.465 e. The number of ether oxygens (including phenoxy) is 8. The van der Waals surface area contributed by atoms with Gasteiger partial charge in [-0.05, 0) is 38.5 Å². The molecule has 1 aliphatic heterocycles. The van der Waals surface area contributed by atoms with E-state index in [2.05, 4.69) is 5.32 Å². The predicted molar refractivity (Wildman–Crippen MR) is 159 cm³/mol. The van der Waals surface area contributed by atoms with Gasteiger partial charge in [0.1, 0.15) is 24.4 Å². The summed E-state index contributed by atoms with van der Waals surface area (Å²) >= 11 is 0. The number of benzene rings is 1. The fourth-order valence-corrected chi connectivity index (χ4v) is 4.67. The van der Waals surface area contributed by atoms with Crippen LogP contribution in [-0.2, 0) is 68.5 Å². The van der Waals surface area contributed by atoms with E-state index in [-0.39, 0.29) is 5.69 Å². The van der Waals surface area contributed by atoms with Gasteiger partial charge in [0.25, 0.3) is 11.5 Å². The van der Waals surface area contributed by atoms with Crippen LogP contribution >= 0.6 is 0 Å². The van der Waals surface area contributed by atoms with Crippen molar-refractivity contribution in [3.8, 4) is 0 Å². The van der Waals surface area contributed by atoms with Crippen LogP contribution in [0.5, 0.6) is 0 Å². The third kappa shape index (κ3) is 11.8. The summed E-state index contributed by atoms with van der Waals surface area (Å²) in [6.45, 7) is 7.79. The lowest BCUT2D eigenvalue weighted by molar-refractivity contribution is -0.384. The standard InChI is InChI=1S/C30H40N2O16/c1-16(33)42-15-23(45-18(3)35)25(46-19(4)36)26-24(31-28(38)48-29(5,6)7)22(44-17(2)34)13-30(47-26,27(37)41-8)43-14-20-9-11-21(12-10-20)32(39)40/h9-12,22-26H,13-15H2,1-8H3,(H,31,38)/t22-,23+,24+,25+,26+,30+/m0/s1. The maximum absolute atomic E-state index is 13.5. The van der Waals surface area contributed by atoms with Gasteiger partial charge in [-0.25, -0.2) is 9.59 Å². The van der Waals surface area contributed by atoms with Crippen molar-refractivity contribution >= 4 is 41.6 Å². The number of non-ortho nitro benzene ring substituents is 1. The fourth-order valence-electron chi connectivity index (χ4n) is 4.67. The molecule has 0 radical (unpaired) electrons. The summed E-state index contributed by atoms with van der Waals surface area (Å²) < 4.78 is 44.0. The number of nitro groups is 1. The van der Waals surface area contributed by atoms with Crippen molar-refractivity contribution in [2.24, 2.45) is 0 Å². The zero-order valence-corrected chi connectivity index (χ0v) is 27.8. The molecule has 0 bridgehead atoms. The Kier molecular flexibility index (Phi) is 13.8. The van der Waals surface area contributed by atoms with Crippen molar-refractivity contribution in [3.63, 3.8) is 0 Å². The normalized spacial score (nSPS) is 21.8. The van der Waals surface area contributed by atoms with Gasteiger partial charge in [-0.1, -0.05) is 0 Å². The van der Waals surface area contributed by atoms with E-state index in [1.54, 1.807) is 20.8 Å². The molecular formula is C30H40N2O16. The van der Waals surface area contributed by atoms with Crippen LogP contribution in [0, 0.1) is 10.1 Å². The number of methoxy groups -OCH3 is 1. The zero-order valence-electron chi connectivity index (χ0n) is 27.8. The Morgan fingerprint density at radius 3 is 2.06 bits per heavy atom. The average Bonchev–Trinajstić information content (AvgIpc) is 2.96. The number of nitrogens with one attached hydrogen (secondary N) is 1. The lowest BCUT2D eigenvalue weighted by Gasteiger charge is -2.48. The van der Waals surface area contributed by atoms with Crippen molar-refractivity contribution < 1.29 is 71.6 Å². The second kappa shape index (κ2) is 16.8. The van der Waals surface area contributed by atoms with E-state index in [0.29, 0.717) is 5.56 Å². The molecule has 18 nitrogen and oxygen atoms in total. The number of carbonyl (C=O) groups is 6. The van der Waals surface area contributed by atoms with Gasteiger partial charge in [-0.3, -0.25) is 29.3 Å². The summed E-state index contributed by atoms with van der Waals surface area (Å²) in [5.41, 5.74) is -0.887. The monoisotopic (exact) mass is 684 g/mol. The molecule has 0 unspecified atom stereocenters. The molecular weight excluding hydrogens is 644 g/mol. The van der Waals surface area contributed by atoms with Crippen molar-refractivity contribution in [3.05, 3.63) is 39.9 Å². The number of alkyl carbamates (subject to hydrolysis) is 1. The summed E-state index contributed by atoms with van der Waals surface area (Å²) in [5, 5.41) is 13.6. The van der Waals surface area contributed by atoms with Gasteiger partial charge in [0.2, 0.25) is 0 Å². The van der Waals surface area contributed by atoms with E-state index < -0.39 is 102 Å². The molecule has 1 fully saturated rings. The molecule has 1 heterocycles. The number of hydrogen-bond acceptors (Lipinski definition) is 16. The predicted octanol–water partition coefficient (Wildman–Crippen LogP) is 2.02. The second-order valence-electron chi connectivity index (χ2n) is 11.6. The Morgan fingerprint density at radius 1 is 0.979 bits per heavy atom. The summed E-state index contributed by atoms with van der Waals surface area (Å²) in [4.78, 5) is 85.8. The Bertz CT molecular complexity index is 1360. The molecule has 1 aliphatic rings. The highest BCUT2D eigenvalue weighted by atomic mass is 16.7. The Labute approximate surface area is 275 Å². The molecule has 6 atom stereocenters. The number of rotatable bonds is 13. The van der Waals surface area contributed by atoms with Gasteiger partial charge in [-0.15, -0.1) is 0 Å². The molecule has 1 saturated heterocycles. The van der Waals surface area contributed by atoms with E-state index >= 15 is 0 Å². The van der Waals surface area contributed by atoms with Crippen LogP contribution < -0.4 is 5.32 Å². The lowest BCUT2D eigenvalue weighted by Crippen LogP contribution is -2.69. The molecule has 48 heavy (non-hydrogen) atoms. The number of esters is 5. The number of nitrogens with zero attached hydrogens (tertiary/aromatic N) is 1. The van der Waals surface area contributed by atoms with E-state index in [1.807, 2.05) is 0 Å². The van der Waals surface area contributed by atoms with Crippen LogP contribution in [0.1, 0.15) is 60.5 Å². The molecule has 0 aromatic heterocycles. The third-order valence-electron chi connectivity index (χ3n) is 6.43. The molecule has 266 valence electrons. The van der Waals surface area contributed by atoms with E-state index in [4.69, 9.17) is 37.9 Å². The first-order valence-electron chi connectivity index (χ1n) is 14.5. The first-order chi connectivity index (χ1) is 22.3. The van der Waals surface area contributed by atoms with Crippen LogP contribution in [0.2, 0.25) is 0 Å². The van der Waals surface area contributed by atoms with Crippen LogP contribution in [0.4, 0.5) is 10.5 Å². The van der Waals surface area contributed by atoms with Gasteiger partial charge in [0.15, 0.2) is 12.2 Å². The van der Waals surface area contributed by atoms with Crippen LogP contribution in [0.3, 0.4) is 0 Å². The smallest absolute Gasteiger partial charge is 0.408 e. The third-order valence-corrected chi connectivity index (χ3v) is 6.43. The number of nitro benzene ring substituents is 1. The van der Waals surface area contributed by atoms with Gasteiger partial charge in [0, 0.05) is 39.8 Å². The van der Waals surface area contributed by atoms with Crippen molar-refractivity contribution in [1.29, 1.82) is 0 Å². The van der Waals surface area contributed by atoms with Crippen LogP contribution in [-0.4, -0.2) is 96.4 Å². The van der Waals surface area contributed by atoms with Crippen molar-refractivity contribution in [2.75, 3.05) is 13.7 Å². The quantitative estimate of drug-likeness (QED) is 0.135. The molecule has 1 aromatic rings. The molecule has 0 saturated carbocycles. The highest BCUT2D eigenvalue weighted by molar-refractivity contribution is 5.78. The van der Waals surface area contributed by atoms with Crippen molar-refractivity contribution in [2.45, 2.75) is 103 Å². The molecule has 0 spiro atoms. The summed E-state index contributed by atoms with van der Waals surface area (Å²) in [6, 6.07) is 3.62. The van der Waals surface area contributed by atoms with E-state index in [1.165, 1.54) is 24.3 Å². The topological polar surface area (TPSA) is 231 Å². The molecule has 1 aromatic carbocycles. The zero-order chi connectivity index (χ0) is 36.4. The maximum atomic E-state index is 13.5. The lowest BCUT2D eigenvalue weighted by atomic mass is 9.88. The van der Waals surface area contributed by atoms with E-state index in [0.717, 1.165) is 34.8 Å². The maximum Gasteiger partial charge on any atom is 0.408 e. The number of hydrogen-bond donors (Lipinski definition) is 1. The minimum atomic E-state index is -2.46. The summed E-state index contributed by atoms with van der Waals surface area (Å²) in [5.74, 6) is -7.14. The molecule has 2 rings (SSSR count). The highest BCUT2D eigenvalue weighted by Gasteiger charge is 2.59. The first kappa shape index (κ1) is 39.3. The Hall–Kier alpha value is -4.84. The fraction of sp³-hybridized carbons (Fsp3) is 0.600. The number of carbonyl (C=O) groups excluding carboxylic acids is 6. The van der Waals surface area contributed by atoms with E-state index in [9.17, 15) is 38.9 Å². The Morgan fingerprint density at radius 2 is 1.58 bits per heavy atom. The van der Waals surface area contributed by atoms with Gasteiger partial charge in [-0.2, -0.15) is 0 Å². The molecule has 1 N–H and O–H groups in total. The Balaban J connectivity index is 2.77. The van der Waals surface area contributed by atoms with Gasteiger partial charge in [0.05, 0.1) is 31.1 Å². The summed E-state index contributed by atoms with van der Waals surface area (Å²) in [7, 11) is 1.01. The second-order valence-corrected chi connectivity index (χ2v) is 11.6. The molecule has 0 aliphatic carbocycles. The minimum absolute atomic E-state index is 0.213. The molecule has 18 heteroatoms.